The van der Waals surface area contributed by atoms with Crippen LogP contribution in [0.5, 0.6) is 0 Å². The zero-order chi connectivity index (χ0) is 12.1. The summed E-state index contributed by atoms with van der Waals surface area (Å²) >= 11 is 0. The summed E-state index contributed by atoms with van der Waals surface area (Å²) in [5.41, 5.74) is 7.53. The number of hydrogen-bond donors (Lipinski definition) is 4. The molecule has 16 heavy (non-hydrogen) atoms. The maximum Gasteiger partial charge on any atom is 0.219 e. The minimum absolute atomic E-state index is 0.0857. The lowest BCUT2D eigenvalue weighted by Gasteiger charge is -2.13. The van der Waals surface area contributed by atoms with Crippen LogP contribution in [0.15, 0.2) is 6.07 Å². The van der Waals surface area contributed by atoms with E-state index in [1.807, 2.05) is 6.92 Å². The van der Waals surface area contributed by atoms with Gasteiger partial charge in [-0.2, -0.15) is 0 Å². The Labute approximate surface area is 93.6 Å². The second kappa shape index (κ2) is 5.26. The molecule has 6 N–H and O–H groups in total. The minimum Gasteiger partial charge on any atom is -0.370 e. The Morgan fingerprint density at radius 3 is 2.69 bits per heavy atom. The minimum atomic E-state index is -0.358. The number of anilines is 2. The van der Waals surface area contributed by atoms with E-state index in [1.54, 1.807) is 13.0 Å². The molecule has 1 aromatic heterocycles. The lowest BCUT2D eigenvalue weighted by molar-refractivity contribution is -0.118. The number of hydrazine groups is 1. The van der Waals surface area contributed by atoms with Crippen molar-refractivity contribution in [3.63, 3.8) is 0 Å². The van der Waals surface area contributed by atoms with Crippen LogP contribution in [0.3, 0.4) is 0 Å². The van der Waals surface area contributed by atoms with Crippen molar-refractivity contribution in [1.29, 1.82) is 0 Å². The van der Waals surface area contributed by atoms with Crippen LogP contribution in [0.25, 0.3) is 0 Å². The van der Waals surface area contributed by atoms with Crippen molar-refractivity contribution in [1.82, 2.24) is 9.97 Å². The van der Waals surface area contributed by atoms with E-state index < -0.39 is 0 Å². The zero-order valence-electron chi connectivity index (χ0n) is 9.32. The number of primary amides is 1. The van der Waals surface area contributed by atoms with Crippen LogP contribution >= 0.6 is 0 Å². The summed E-state index contributed by atoms with van der Waals surface area (Å²) in [6, 6.07) is 1.57. The number of nitrogens with two attached hydrogens (primary N) is 2. The number of amides is 1. The fraction of sp³-hybridized carbons (Fsp3) is 0.444. The number of nitrogens with one attached hydrogen (secondary N) is 2. The highest BCUT2D eigenvalue weighted by Gasteiger charge is 2.07. The van der Waals surface area contributed by atoms with E-state index in [9.17, 15) is 4.79 Å². The summed E-state index contributed by atoms with van der Waals surface area (Å²) in [4.78, 5) is 18.9. The lowest BCUT2D eigenvalue weighted by atomic mass is 10.2. The van der Waals surface area contributed by atoms with Gasteiger partial charge in [-0.1, -0.05) is 0 Å². The quantitative estimate of drug-likeness (QED) is 0.404. The molecule has 0 saturated heterocycles. The highest BCUT2D eigenvalue weighted by atomic mass is 16.1. The molecule has 1 atom stereocenters. The van der Waals surface area contributed by atoms with Crippen molar-refractivity contribution in [2.45, 2.75) is 26.3 Å². The van der Waals surface area contributed by atoms with Gasteiger partial charge in [0.1, 0.15) is 17.5 Å². The second-order valence-electron chi connectivity index (χ2n) is 3.55. The molecule has 1 unspecified atom stereocenters. The number of nitrogen functional groups attached to an aromatic ring is 1. The summed E-state index contributed by atoms with van der Waals surface area (Å²) in [6.45, 7) is 3.60. The van der Waals surface area contributed by atoms with Crippen molar-refractivity contribution in [2.24, 2.45) is 11.6 Å². The molecule has 0 radical (unpaired) electrons. The molecule has 7 heteroatoms. The molecule has 0 aliphatic carbocycles. The van der Waals surface area contributed by atoms with Crippen molar-refractivity contribution >= 4 is 17.5 Å². The summed E-state index contributed by atoms with van der Waals surface area (Å²) in [5, 5.41) is 3.04. The normalized spacial score (nSPS) is 11.9. The fourth-order valence-corrected chi connectivity index (χ4v) is 1.32. The van der Waals surface area contributed by atoms with Crippen LogP contribution < -0.4 is 22.3 Å². The van der Waals surface area contributed by atoms with Gasteiger partial charge in [0.15, 0.2) is 0 Å². The average Bonchev–Trinajstić information content (AvgIpc) is 2.14. The maximum absolute atomic E-state index is 10.7. The molecule has 1 amide bonds. The van der Waals surface area contributed by atoms with Crippen LogP contribution in [-0.2, 0) is 4.79 Å². The Bertz CT molecular complexity index is 380. The number of rotatable bonds is 5. The molecule has 0 aromatic carbocycles. The molecule has 0 bridgehead atoms. The van der Waals surface area contributed by atoms with Crippen LogP contribution in [0.1, 0.15) is 19.2 Å². The summed E-state index contributed by atoms with van der Waals surface area (Å²) in [6.07, 6.45) is 0.244. The molecule has 0 spiro atoms. The van der Waals surface area contributed by atoms with Crippen LogP contribution in [0.2, 0.25) is 0 Å². The van der Waals surface area contributed by atoms with Gasteiger partial charge in [-0.15, -0.1) is 0 Å². The fourth-order valence-electron chi connectivity index (χ4n) is 1.32. The molecule has 1 heterocycles. The van der Waals surface area contributed by atoms with Crippen LogP contribution in [0, 0.1) is 6.92 Å². The Balaban J connectivity index is 2.72. The van der Waals surface area contributed by atoms with Gasteiger partial charge in [-0.3, -0.25) is 4.79 Å². The van der Waals surface area contributed by atoms with E-state index in [0.717, 1.165) is 0 Å². The smallest absolute Gasteiger partial charge is 0.219 e. The van der Waals surface area contributed by atoms with E-state index in [-0.39, 0.29) is 18.4 Å². The topological polar surface area (TPSA) is 119 Å². The molecule has 1 aromatic rings. The molecule has 0 aliphatic rings. The number of aryl methyl sites for hydroxylation is 1. The number of carbonyl (C=O) groups excluding carboxylic acids is 1. The molecule has 7 nitrogen and oxygen atoms in total. The van der Waals surface area contributed by atoms with E-state index >= 15 is 0 Å². The first-order valence-corrected chi connectivity index (χ1v) is 4.88. The summed E-state index contributed by atoms with van der Waals surface area (Å²) in [7, 11) is 0. The van der Waals surface area contributed by atoms with Crippen LogP contribution in [0.4, 0.5) is 11.6 Å². The Kier molecular flexibility index (Phi) is 4.01. The predicted molar refractivity (Wildman–Crippen MR) is 61.5 cm³/mol. The first kappa shape index (κ1) is 12.2. The molecule has 88 valence electrons. The van der Waals surface area contributed by atoms with Gasteiger partial charge in [-0.05, 0) is 13.8 Å². The summed E-state index contributed by atoms with van der Waals surface area (Å²) in [5.74, 6) is 6.61. The lowest BCUT2D eigenvalue weighted by Crippen LogP contribution is -2.24. The number of hydrogen-bond acceptors (Lipinski definition) is 6. The molecule has 0 fully saturated rings. The number of carbonyl (C=O) groups is 1. The SMILES string of the molecule is Cc1nc(NN)cc(NC(C)CC(N)=O)n1. The zero-order valence-corrected chi connectivity index (χ0v) is 9.32. The van der Waals surface area contributed by atoms with Crippen LogP contribution in [-0.4, -0.2) is 21.9 Å². The monoisotopic (exact) mass is 224 g/mol. The molecule has 0 saturated carbocycles. The van der Waals surface area contributed by atoms with Gasteiger partial charge in [-0.25, -0.2) is 15.8 Å². The van der Waals surface area contributed by atoms with E-state index in [1.165, 1.54) is 0 Å². The Morgan fingerprint density at radius 2 is 2.12 bits per heavy atom. The largest absolute Gasteiger partial charge is 0.370 e. The van der Waals surface area contributed by atoms with Gasteiger partial charge in [0.25, 0.3) is 0 Å². The second-order valence-corrected chi connectivity index (χ2v) is 3.55. The maximum atomic E-state index is 10.7. The number of nitrogens with zero attached hydrogens (tertiary/aromatic N) is 2. The first-order chi connectivity index (χ1) is 7.51. The van der Waals surface area contributed by atoms with Crippen molar-refractivity contribution < 1.29 is 4.79 Å². The van der Waals surface area contributed by atoms with E-state index in [2.05, 4.69) is 20.7 Å². The van der Waals surface area contributed by atoms with Crippen molar-refractivity contribution in [3.8, 4) is 0 Å². The molecule has 1 rings (SSSR count). The molecule has 0 aliphatic heterocycles. The Hall–Kier alpha value is -1.89. The third kappa shape index (κ3) is 3.70. The highest BCUT2D eigenvalue weighted by Crippen LogP contribution is 2.11. The third-order valence-corrected chi connectivity index (χ3v) is 1.89. The highest BCUT2D eigenvalue weighted by molar-refractivity contribution is 5.74. The van der Waals surface area contributed by atoms with Crippen molar-refractivity contribution in [2.75, 3.05) is 10.7 Å². The number of aromatic nitrogens is 2. The van der Waals surface area contributed by atoms with Gasteiger partial charge < -0.3 is 16.5 Å². The first-order valence-electron chi connectivity index (χ1n) is 4.88. The predicted octanol–water partition coefficient (Wildman–Crippen LogP) is -0.254. The summed E-state index contributed by atoms with van der Waals surface area (Å²) < 4.78 is 0. The third-order valence-electron chi connectivity index (χ3n) is 1.89. The molecular weight excluding hydrogens is 208 g/mol. The van der Waals surface area contributed by atoms with Gasteiger partial charge in [0.2, 0.25) is 5.91 Å². The average molecular weight is 224 g/mol. The Morgan fingerprint density at radius 1 is 1.50 bits per heavy atom. The standard InChI is InChI=1S/C9H16N6O/c1-5(3-7(10)16)12-8-4-9(15-11)14-6(2)13-8/h4-5H,3,11H2,1-2H3,(H2,10,16)(H2,12,13,14,15). The van der Waals surface area contributed by atoms with E-state index in [0.29, 0.717) is 17.5 Å². The van der Waals surface area contributed by atoms with Gasteiger partial charge >= 0.3 is 0 Å². The van der Waals surface area contributed by atoms with Crippen molar-refractivity contribution in [3.05, 3.63) is 11.9 Å². The molecular formula is C9H16N6O. The van der Waals surface area contributed by atoms with Gasteiger partial charge in [0, 0.05) is 18.5 Å². The van der Waals surface area contributed by atoms with Gasteiger partial charge in [0.05, 0.1) is 0 Å². The van der Waals surface area contributed by atoms with E-state index in [4.69, 9.17) is 11.6 Å².